The molecule has 1 rings (SSSR count). The quantitative estimate of drug-likeness (QED) is 0.679. The lowest BCUT2D eigenvalue weighted by Gasteiger charge is -2.23. The third kappa shape index (κ3) is 4.73. The number of amides is 1. The van der Waals surface area contributed by atoms with Crippen LogP contribution in [0.4, 0.5) is 26.3 Å². The van der Waals surface area contributed by atoms with Crippen LogP contribution in [0.5, 0.6) is 5.75 Å². The number of ether oxygens (including phenoxy) is 1. The van der Waals surface area contributed by atoms with Gasteiger partial charge in [-0.2, -0.15) is 22.0 Å². The first-order valence-corrected chi connectivity index (χ1v) is 5.89. The van der Waals surface area contributed by atoms with Gasteiger partial charge in [-0.3, -0.25) is 4.79 Å². The van der Waals surface area contributed by atoms with Gasteiger partial charge in [-0.1, -0.05) is 12.1 Å². The Morgan fingerprint density at radius 1 is 1.09 bits per heavy atom. The SMILES string of the molecule is NC(=O)C(O)C(O)c1ccc(OC(F)(F)[C@H](F)C(F)(F)F)cc1. The van der Waals surface area contributed by atoms with Crippen molar-refractivity contribution in [1.82, 2.24) is 0 Å². The maximum absolute atomic E-state index is 13.0. The summed E-state index contributed by atoms with van der Waals surface area (Å²) in [4.78, 5) is 10.7. The number of alkyl halides is 6. The second-order valence-corrected chi connectivity index (χ2v) is 4.43. The predicted molar refractivity (Wildman–Crippen MR) is 63.1 cm³/mol. The molecule has 0 aromatic heterocycles. The number of rotatable bonds is 6. The van der Waals surface area contributed by atoms with E-state index in [0.29, 0.717) is 12.1 Å². The molecule has 0 spiro atoms. The second-order valence-electron chi connectivity index (χ2n) is 4.43. The smallest absolute Gasteiger partial charge is 0.430 e. The molecule has 130 valence electrons. The molecule has 0 fully saturated rings. The molecule has 0 heterocycles. The van der Waals surface area contributed by atoms with Gasteiger partial charge in [-0.25, -0.2) is 4.39 Å². The fourth-order valence-corrected chi connectivity index (χ4v) is 1.47. The normalized spacial score (nSPS) is 16.5. The maximum Gasteiger partial charge on any atom is 0.439 e. The number of hydrogen-bond acceptors (Lipinski definition) is 4. The minimum absolute atomic E-state index is 0.153. The molecule has 1 amide bonds. The molecule has 3 atom stereocenters. The van der Waals surface area contributed by atoms with Crippen LogP contribution in [0.3, 0.4) is 0 Å². The summed E-state index contributed by atoms with van der Waals surface area (Å²) in [7, 11) is 0. The molecule has 5 nitrogen and oxygen atoms in total. The molecule has 2 unspecified atom stereocenters. The van der Waals surface area contributed by atoms with Crippen LogP contribution in [0.2, 0.25) is 0 Å². The standard InChI is InChI=1S/C12H11F6NO4/c13-10(11(14,15)16)12(17,18)23-6-3-1-5(2-4-6)7(20)8(21)9(19)22/h1-4,7-8,10,20-21H,(H2,19,22)/t7?,8?,10-/m1/s1. The van der Waals surface area contributed by atoms with E-state index in [0.717, 1.165) is 12.1 Å². The van der Waals surface area contributed by atoms with Gasteiger partial charge in [0.25, 0.3) is 6.17 Å². The van der Waals surface area contributed by atoms with E-state index in [2.05, 4.69) is 4.74 Å². The van der Waals surface area contributed by atoms with E-state index in [1.165, 1.54) is 0 Å². The van der Waals surface area contributed by atoms with E-state index < -0.39 is 42.3 Å². The molecule has 1 aromatic rings. The molecule has 1 aromatic carbocycles. The highest BCUT2D eigenvalue weighted by Gasteiger charge is 2.59. The summed E-state index contributed by atoms with van der Waals surface area (Å²) < 4.78 is 78.2. The van der Waals surface area contributed by atoms with Gasteiger partial charge in [0.2, 0.25) is 5.91 Å². The van der Waals surface area contributed by atoms with Gasteiger partial charge in [-0.15, -0.1) is 0 Å². The zero-order valence-electron chi connectivity index (χ0n) is 11.1. The molecule has 0 aliphatic carbocycles. The summed E-state index contributed by atoms with van der Waals surface area (Å²) >= 11 is 0. The van der Waals surface area contributed by atoms with E-state index >= 15 is 0 Å². The largest absolute Gasteiger partial charge is 0.439 e. The van der Waals surface area contributed by atoms with Crippen LogP contribution in [0.15, 0.2) is 24.3 Å². The van der Waals surface area contributed by atoms with E-state index in [1.807, 2.05) is 0 Å². The predicted octanol–water partition coefficient (Wildman–Crippen LogP) is 1.44. The number of aliphatic hydroxyl groups excluding tert-OH is 2. The summed E-state index contributed by atoms with van der Waals surface area (Å²) in [5, 5.41) is 18.7. The number of aliphatic hydroxyl groups is 2. The van der Waals surface area contributed by atoms with Crippen molar-refractivity contribution in [3.05, 3.63) is 29.8 Å². The molecule has 0 aliphatic rings. The van der Waals surface area contributed by atoms with E-state index in [-0.39, 0.29) is 5.56 Å². The van der Waals surface area contributed by atoms with Gasteiger partial charge >= 0.3 is 12.3 Å². The Bertz CT molecular complexity index is 547. The van der Waals surface area contributed by atoms with Gasteiger partial charge in [0.15, 0.2) is 6.10 Å². The molecule has 11 heteroatoms. The van der Waals surface area contributed by atoms with Gasteiger partial charge in [0.1, 0.15) is 11.9 Å². The Morgan fingerprint density at radius 2 is 1.57 bits per heavy atom. The molecule has 0 radical (unpaired) electrons. The molecule has 0 aliphatic heterocycles. The van der Waals surface area contributed by atoms with Crippen LogP contribution >= 0.6 is 0 Å². The Hall–Kier alpha value is -2.01. The Labute approximate surface area is 125 Å². The zero-order chi connectivity index (χ0) is 18.0. The summed E-state index contributed by atoms with van der Waals surface area (Å²) in [6.45, 7) is 0. The number of carbonyl (C=O) groups is 1. The molecule has 23 heavy (non-hydrogen) atoms. The lowest BCUT2D eigenvalue weighted by atomic mass is 10.0. The zero-order valence-corrected chi connectivity index (χ0v) is 11.1. The van der Waals surface area contributed by atoms with Crippen LogP contribution < -0.4 is 10.5 Å². The fraction of sp³-hybridized carbons (Fsp3) is 0.417. The lowest BCUT2D eigenvalue weighted by molar-refractivity contribution is -0.304. The van der Waals surface area contributed by atoms with Crippen LogP contribution in [-0.2, 0) is 4.79 Å². The van der Waals surface area contributed by atoms with Crippen molar-refractivity contribution in [2.75, 3.05) is 0 Å². The summed E-state index contributed by atoms with van der Waals surface area (Å²) in [6, 6.07) is 3.15. The van der Waals surface area contributed by atoms with Crippen LogP contribution in [-0.4, -0.2) is 40.7 Å². The van der Waals surface area contributed by atoms with E-state index in [9.17, 15) is 41.4 Å². The molecular formula is C12H11F6NO4. The highest BCUT2D eigenvalue weighted by molar-refractivity contribution is 5.79. The van der Waals surface area contributed by atoms with Crippen molar-refractivity contribution in [3.8, 4) is 5.75 Å². The molecule has 0 saturated heterocycles. The van der Waals surface area contributed by atoms with Gasteiger partial charge in [0.05, 0.1) is 0 Å². The number of halogens is 6. The highest BCUT2D eigenvalue weighted by atomic mass is 19.4. The van der Waals surface area contributed by atoms with E-state index in [1.54, 1.807) is 0 Å². The van der Waals surface area contributed by atoms with Crippen molar-refractivity contribution in [2.24, 2.45) is 5.73 Å². The Morgan fingerprint density at radius 3 is 1.96 bits per heavy atom. The third-order valence-corrected chi connectivity index (χ3v) is 2.65. The highest BCUT2D eigenvalue weighted by Crippen LogP contribution is 2.36. The van der Waals surface area contributed by atoms with Gasteiger partial charge in [0, 0.05) is 0 Å². The molecule has 0 bridgehead atoms. The van der Waals surface area contributed by atoms with Gasteiger partial charge in [-0.05, 0) is 17.7 Å². The molecule has 4 N–H and O–H groups in total. The van der Waals surface area contributed by atoms with Gasteiger partial charge < -0.3 is 20.7 Å². The average molecular weight is 347 g/mol. The number of primary amides is 1. The minimum atomic E-state index is -5.81. The first-order chi connectivity index (χ1) is 10.4. The van der Waals surface area contributed by atoms with Crippen molar-refractivity contribution in [1.29, 1.82) is 0 Å². The van der Waals surface area contributed by atoms with Crippen molar-refractivity contribution in [2.45, 2.75) is 30.7 Å². The summed E-state index contributed by atoms with van der Waals surface area (Å²) in [5.74, 6) is -2.08. The Kier molecular flexibility index (Phi) is 5.48. The van der Waals surface area contributed by atoms with Crippen LogP contribution in [0, 0.1) is 0 Å². The number of nitrogens with two attached hydrogens (primary N) is 1. The number of carbonyl (C=O) groups excluding carboxylic acids is 1. The van der Waals surface area contributed by atoms with Crippen LogP contribution in [0.1, 0.15) is 11.7 Å². The summed E-state index contributed by atoms with van der Waals surface area (Å²) in [5.41, 5.74) is 4.59. The number of benzene rings is 1. The average Bonchev–Trinajstić information content (AvgIpc) is 2.44. The van der Waals surface area contributed by atoms with E-state index in [4.69, 9.17) is 5.73 Å². The minimum Gasteiger partial charge on any atom is -0.430 e. The van der Waals surface area contributed by atoms with Crippen molar-refractivity contribution in [3.63, 3.8) is 0 Å². The van der Waals surface area contributed by atoms with Crippen molar-refractivity contribution >= 4 is 5.91 Å². The topological polar surface area (TPSA) is 92.8 Å². The third-order valence-electron chi connectivity index (χ3n) is 2.65. The monoisotopic (exact) mass is 347 g/mol. The lowest BCUT2D eigenvalue weighted by Crippen LogP contribution is -2.45. The first-order valence-electron chi connectivity index (χ1n) is 5.89. The van der Waals surface area contributed by atoms with Crippen molar-refractivity contribution < 1.29 is 46.1 Å². The number of hydrogen-bond donors (Lipinski definition) is 3. The Balaban J connectivity index is 2.87. The maximum atomic E-state index is 13.0. The van der Waals surface area contributed by atoms with Crippen LogP contribution in [0.25, 0.3) is 0 Å². The first kappa shape index (κ1) is 19.0. The molecular weight excluding hydrogens is 336 g/mol. The molecule has 0 saturated carbocycles. The summed E-state index contributed by atoms with van der Waals surface area (Å²) in [6.07, 6.45) is -19.3. The second kappa shape index (κ2) is 6.62. The fourth-order valence-electron chi connectivity index (χ4n) is 1.47.